The maximum Gasteiger partial charge on any atom is 0.238 e. The monoisotopic (exact) mass is 514 g/mol. The van der Waals surface area contributed by atoms with Gasteiger partial charge in [0.2, 0.25) is 10.0 Å². The lowest BCUT2D eigenvalue weighted by Crippen LogP contribution is -2.13. The Hall–Kier alpha value is -2.72. The van der Waals surface area contributed by atoms with Crippen molar-refractivity contribution < 1.29 is 13.2 Å². The third-order valence-corrected chi connectivity index (χ3v) is 7.76. The van der Waals surface area contributed by atoms with Gasteiger partial charge in [0.15, 0.2) is 5.16 Å². The van der Waals surface area contributed by atoms with Crippen LogP contribution in [0.25, 0.3) is 16.5 Å². The van der Waals surface area contributed by atoms with Crippen molar-refractivity contribution in [1.82, 2.24) is 14.8 Å². The lowest BCUT2D eigenvalue weighted by atomic mass is 10.0. The summed E-state index contributed by atoms with van der Waals surface area (Å²) in [6.07, 6.45) is 0.997. The predicted molar refractivity (Wildman–Crippen MR) is 135 cm³/mol. The molecule has 0 amide bonds. The summed E-state index contributed by atoms with van der Waals surface area (Å²) in [6.45, 7) is 4.02. The van der Waals surface area contributed by atoms with Gasteiger partial charge in [-0.05, 0) is 48.1 Å². The maximum atomic E-state index is 12.7. The summed E-state index contributed by atoms with van der Waals surface area (Å²) in [5.41, 5.74) is 2.77. The zero-order chi connectivity index (χ0) is 24.5. The Balaban J connectivity index is 1.56. The summed E-state index contributed by atoms with van der Waals surface area (Å²) in [6, 6.07) is 16.5. The van der Waals surface area contributed by atoms with Crippen molar-refractivity contribution in [1.29, 1.82) is 0 Å². The molecule has 0 bridgehead atoms. The van der Waals surface area contributed by atoms with E-state index in [1.54, 1.807) is 0 Å². The Labute approximate surface area is 207 Å². The Kier molecular flexibility index (Phi) is 7.09. The van der Waals surface area contributed by atoms with Crippen LogP contribution in [-0.2, 0) is 27.7 Å². The second-order valence-corrected chi connectivity index (χ2v) is 10.7. The normalized spacial score (nSPS) is 11.8. The first kappa shape index (κ1) is 24.4. The summed E-state index contributed by atoms with van der Waals surface area (Å²) >= 11 is 7.48. The molecular weight excluding hydrogens is 492 g/mol. The summed E-state index contributed by atoms with van der Waals surface area (Å²) in [5, 5.41) is 16.8. The van der Waals surface area contributed by atoms with E-state index in [1.165, 1.54) is 40.9 Å². The van der Waals surface area contributed by atoms with Gasteiger partial charge in [0.25, 0.3) is 0 Å². The van der Waals surface area contributed by atoms with Gasteiger partial charge in [-0.25, -0.2) is 13.6 Å². The highest BCUT2D eigenvalue weighted by Gasteiger charge is 2.17. The SMILES string of the molecule is CCc1ccc(-n2c(C)nnc2SCC(=O)Cc2ccc(S(N)(=O)=O)cc2Cl)c2ccccc12. The molecular formula is C24H23ClN4O3S2. The Morgan fingerprint density at radius 2 is 1.76 bits per heavy atom. The number of primary sulfonamides is 1. The van der Waals surface area contributed by atoms with E-state index in [-0.39, 0.29) is 27.9 Å². The van der Waals surface area contributed by atoms with E-state index in [4.69, 9.17) is 16.7 Å². The largest absolute Gasteiger partial charge is 0.298 e. The first-order valence-electron chi connectivity index (χ1n) is 10.6. The van der Waals surface area contributed by atoms with Crippen LogP contribution in [0.15, 0.2) is 64.6 Å². The lowest BCUT2D eigenvalue weighted by Gasteiger charge is -2.14. The van der Waals surface area contributed by atoms with Gasteiger partial charge < -0.3 is 0 Å². The number of carbonyl (C=O) groups is 1. The first-order valence-corrected chi connectivity index (χ1v) is 13.5. The smallest absolute Gasteiger partial charge is 0.238 e. The molecule has 0 spiro atoms. The number of halogens is 1. The molecule has 0 aliphatic heterocycles. The number of nitrogens with two attached hydrogens (primary N) is 1. The molecule has 0 aliphatic carbocycles. The van der Waals surface area contributed by atoms with Crippen LogP contribution < -0.4 is 5.14 Å². The third kappa shape index (κ3) is 5.02. The lowest BCUT2D eigenvalue weighted by molar-refractivity contribution is -0.116. The van der Waals surface area contributed by atoms with E-state index in [2.05, 4.69) is 41.4 Å². The molecule has 2 N–H and O–H groups in total. The summed E-state index contributed by atoms with van der Waals surface area (Å²) in [4.78, 5) is 12.6. The molecule has 34 heavy (non-hydrogen) atoms. The van der Waals surface area contributed by atoms with E-state index in [0.717, 1.165) is 23.3 Å². The quantitative estimate of drug-likeness (QED) is 0.347. The van der Waals surface area contributed by atoms with Crippen molar-refractivity contribution in [3.8, 4) is 5.69 Å². The van der Waals surface area contributed by atoms with Gasteiger partial charge in [0.05, 0.1) is 16.3 Å². The van der Waals surface area contributed by atoms with E-state index in [1.807, 2.05) is 23.6 Å². The average molecular weight is 515 g/mol. The topological polar surface area (TPSA) is 108 Å². The molecule has 1 aromatic heterocycles. The van der Waals surface area contributed by atoms with Crippen LogP contribution >= 0.6 is 23.4 Å². The maximum absolute atomic E-state index is 12.7. The number of rotatable bonds is 8. The van der Waals surface area contributed by atoms with Crippen LogP contribution in [0.1, 0.15) is 23.9 Å². The highest BCUT2D eigenvalue weighted by atomic mass is 35.5. The van der Waals surface area contributed by atoms with Crippen molar-refractivity contribution >= 4 is 49.9 Å². The van der Waals surface area contributed by atoms with Crippen molar-refractivity contribution in [3.05, 3.63) is 76.6 Å². The fourth-order valence-electron chi connectivity index (χ4n) is 3.82. The number of Topliss-reactive ketones (excluding diaryl/α,β-unsaturated/α-hetero) is 1. The molecule has 3 aromatic carbocycles. The minimum Gasteiger partial charge on any atom is -0.298 e. The molecule has 1 heterocycles. The molecule has 0 atom stereocenters. The number of hydrogen-bond acceptors (Lipinski definition) is 6. The minimum atomic E-state index is -3.86. The van der Waals surface area contributed by atoms with E-state index in [0.29, 0.717) is 10.7 Å². The number of fused-ring (bicyclic) bond motifs is 1. The first-order chi connectivity index (χ1) is 16.2. The molecule has 4 aromatic rings. The van der Waals surface area contributed by atoms with Crippen LogP contribution in [0.4, 0.5) is 0 Å². The molecule has 0 fully saturated rings. The van der Waals surface area contributed by atoms with Gasteiger partial charge in [-0.2, -0.15) is 0 Å². The number of carbonyl (C=O) groups excluding carboxylic acids is 1. The standard InChI is InChI=1S/C24H23ClN4O3S2/c1-3-16-9-11-23(21-7-5-4-6-20(16)21)29-15(2)27-28-24(29)33-14-18(30)12-17-8-10-19(13-22(17)25)34(26,31)32/h4-11,13H,3,12,14H2,1-2H3,(H2,26,31,32). The number of aromatic nitrogens is 3. The molecule has 176 valence electrons. The highest BCUT2D eigenvalue weighted by molar-refractivity contribution is 7.99. The van der Waals surface area contributed by atoms with Crippen molar-refractivity contribution in [2.24, 2.45) is 5.14 Å². The fraction of sp³-hybridized carbons (Fsp3) is 0.208. The molecule has 0 unspecified atom stereocenters. The number of nitrogens with zero attached hydrogens (tertiary/aromatic N) is 3. The van der Waals surface area contributed by atoms with Gasteiger partial charge in [-0.15, -0.1) is 10.2 Å². The van der Waals surface area contributed by atoms with Crippen molar-refractivity contribution in [2.75, 3.05) is 5.75 Å². The number of benzene rings is 3. The van der Waals surface area contributed by atoms with Gasteiger partial charge in [0, 0.05) is 16.8 Å². The zero-order valence-electron chi connectivity index (χ0n) is 18.7. The molecule has 4 rings (SSSR count). The van der Waals surface area contributed by atoms with Gasteiger partial charge in [0.1, 0.15) is 11.6 Å². The van der Waals surface area contributed by atoms with E-state index >= 15 is 0 Å². The molecule has 10 heteroatoms. The summed E-state index contributed by atoms with van der Waals surface area (Å²) in [7, 11) is -3.86. The zero-order valence-corrected chi connectivity index (χ0v) is 21.0. The molecule has 0 saturated heterocycles. The minimum absolute atomic E-state index is 0.0674. The summed E-state index contributed by atoms with van der Waals surface area (Å²) in [5.74, 6) is 0.816. The number of hydrogen-bond donors (Lipinski definition) is 1. The van der Waals surface area contributed by atoms with Gasteiger partial charge in [-0.1, -0.05) is 66.7 Å². The molecule has 0 aliphatic rings. The van der Waals surface area contributed by atoms with Gasteiger partial charge >= 0.3 is 0 Å². The molecule has 0 saturated carbocycles. The van der Waals surface area contributed by atoms with Crippen LogP contribution in [0.2, 0.25) is 5.02 Å². The Morgan fingerprint density at radius 3 is 2.44 bits per heavy atom. The third-order valence-electron chi connectivity index (χ3n) is 5.51. The fourth-order valence-corrected chi connectivity index (χ4v) is 5.52. The van der Waals surface area contributed by atoms with Crippen LogP contribution in [0.5, 0.6) is 0 Å². The summed E-state index contributed by atoms with van der Waals surface area (Å²) < 4.78 is 24.9. The number of ketones is 1. The molecule has 0 radical (unpaired) electrons. The van der Waals surface area contributed by atoms with Crippen molar-refractivity contribution in [2.45, 2.75) is 36.7 Å². The molecule has 7 nitrogen and oxygen atoms in total. The van der Waals surface area contributed by atoms with Crippen molar-refractivity contribution in [3.63, 3.8) is 0 Å². The van der Waals surface area contributed by atoms with Crippen LogP contribution in [-0.4, -0.2) is 34.7 Å². The van der Waals surface area contributed by atoms with Gasteiger partial charge in [-0.3, -0.25) is 9.36 Å². The predicted octanol–water partition coefficient (Wildman–Crippen LogP) is 4.50. The number of sulfonamides is 1. The second-order valence-electron chi connectivity index (χ2n) is 7.81. The van der Waals surface area contributed by atoms with E-state index in [9.17, 15) is 13.2 Å². The Bertz CT molecular complexity index is 1500. The average Bonchev–Trinajstić information content (AvgIpc) is 3.17. The van der Waals surface area contributed by atoms with Crippen LogP contribution in [0, 0.1) is 6.92 Å². The highest BCUT2D eigenvalue weighted by Crippen LogP contribution is 2.30. The number of aryl methyl sites for hydroxylation is 2. The number of thioether (sulfide) groups is 1. The Morgan fingerprint density at radius 1 is 1.06 bits per heavy atom. The second kappa shape index (κ2) is 9.87. The van der Waals surface area contributed by atoms with E-state index < -0.39 is 10.0 Å². The van der Waals surface area contributed by atoms with Crippen LogP contribution in [0.3, 0.4) is 0 Å².